The molecule has 0 radical (unpaired) electrons. The van der Waals surface area contributed by atoms with E-state index in [0.29, 0.717) is 5.56 Å². The standard InChI is InChI=1S/C19H21N3OS/c1-12-10-16-17(11-13(12)2)24-19(22(16)5)20-18(23)14-6-8-15(9-7-14)21(3)4/h6-11H,1-5H3. The van der Waals surface area contributed by atoms with Crippen molar-refractivity contribution in [1.82, 2.24) is 4.57 Å². The fraction of sp³-hybridized carbons (Fsp3) is 0.263. The smallest absolute Gasteiger partial charge is 0.279 e. The van der Waals surface area contributed by atoms with Gasteiger partial charge in [-0.15, -0.1) is 0 Å². The molecule has 0 bridgehead atoms. The second-order valence-corrected chi connectivity index (χ2v) is 7.22. The fourth-order valence-electron chi connectivity index (χ4n) is 2.54. The van der Waals surface area contributed by atoms with E-state index in [1.54, 1.807) is 11.3 Å². The first-order valence-corrected chi connectivity index (χ1v) is 8.61. The van der Waals surface area contributed by atoms with Crippen LogP contribution in [0.4, 0.5) is 5.69 Å². The molecule has 0 aliphatic rings. The quantitative estimate of drug-likeness (QED) is 0.714. The Morgan fingerprint density at radius 3 is 2.33 bits per heavy atom. The first-order valence-electron chi connectivity index (χ1n) is 7.80. The summed E-state index contributed by atoms with van der Waals surface area (Å²) in [5.41, 5.74) is 5.27. The molecule has 0 aliphatic carbocycles. The second-order valence-electron chi connectivity index (χ2n) is 6.21. The lowest BCUT2D eigenvalue weighted by molar-refractivity contribution is 0.0998. The Morgan fingerprint density at radius 1 is 1.08 bits per heavy atom. The molecule has 1 aromatic heterocycles. The maximum absolute atomic E-state index is 12.5. The van der Waals surface area contributed by atoms with Crippen LogP contribution in [0.3, 0.4) is 0 Å². The highest BCUT2D eigenvalue weighted by Gasteiger charge is 2.09. The number of thiazole rings is 1. The summed E-state index contributed by atoms with van der Waals surface area (Å²) in [6.45, 7) is 4.20. The van der Waals surface area contributed by atoms with E-state index in [9.17, 15) is 4.79 Å². The van der Waals surface area contributed by atoms with Crippen LogP contribution < -0.4 is 9.70 Å². The Balaban J connectivity index is 2.03. The van der Waals surface area contributed by atoms with Crippen LogP contribution in [0.25, 0.3) is 10.2 Å². The van der Waals surface area contributed by atoms with Crippen molar-refractivity contribution in [3.63, 3.8) is 0 Å². The van der Waals surface area contributed by atoms with Gasteiger partial charge in [0.25, 0.3) is 5.91 Å². The summed E-state index contributed by atoms with van der Waals surface area (Å²) >= 11 is 1.55. The van der Waals surface area contributed by atoms with Crippen molar-refractivity contribution >= 4 is 33.1 Å². The number of hydrogen-bond acceptors (Lipinski definition) is 3. The molecule has 124 valence electrons. The van der Waals surface area contributed by atoms with Crippen LogP contribution in [-0.4, -0.2) is 24.6 Å². The van der Waals surface area contributed by atoms with Gasteiger partial charge >= 0.3 is 0 Å². The van der Waals surface area contributed by atoms with Gasteiger partial charge in [0.15, 0.2) is 4.80 Å². The zero-order valence-corrected chi connectivity index (χ0v) is 15.4. The van der Waals surface area contributed by atoms with Crippen molar-refractivity contribution in [2.45, 2.75) is 13.8 Å². The third-order valence-electron chi connectivity index (χ3n) is 4.25. The van der Waals surface area contributed by atoms with Gasteiger partial charge < -0.3 is 9.47 Å². The molecule has 0 saturated heterocycles. The van der Waals surface area contributed by atoms with Crippen LogP contribution in [0, 0.1) is 13.8 Å². The first-order chi connectivity index (χ1) is 11.4. The highest BCUT2D eigenvalue weighted by molar-refractivity contribution is 7.16. The molecule has 1 amide bonds. The molecule has 0 atom stereocenters. The van der Waals surface area contributed by atoms with Gasteiger partial charge in [-0.1, -0.05) is 11.3 Å². The van der Waals surface area contributed by atoms with E-state index in [2.05, 4.69) is 31.0 Å². The van der Waals surface area contributed by atoms with Gasteiger partial charge in [-0.3, -0.25) is 4.79 Å². The number of carbonyl (C=O) groups excluding carboxylic acids is 1. The van der Waals surface area contributed by atoms with E-state index in [1.807, 2.05) is 54.9 Å². The summed E-state index contributed by atoms with van der Waals surface area (Å²) in [6.07, 6.45) is 0. The fourth-order valence-corrected chi connectivity index (χ4v) is 3.64. The van der Waals surface area contributed by atoms with Crippen LogP contribution in [0.2, 0.25) is 0 Å². The Bertz CT molecular complexity index is 978. The zero-order valence-electron chi connectivity index (χ0n) is 14.6. The molecule has 4 nitrogen and oxygen atoms in total. The van der Waals surface area contributed by atoms with Gasteiger partial charge in [-0.05, 0) is 61.4 Å². The van der Waals surface area contributed by atoms with E-state index in [-0.39, 0.29) is 5.91 Å². The number of carbonyl (C=O) groups is 1. The van der Waals surface area contributed by atoms with Crippen molar-refractivity contribution in [2.24, 2.45) is 12.0 Å². The number of aromatic nitrogens is 1. The number of rotatable bonds is 2. The largest absolute Gasteiger partial charge is 0.378 e. The molecular formula is C19H21N3OS. The van der Waals surface area contributed by atoms with E-state index in [1.165, 1.54) is 11.1 Å². The molecule has 0 spiro atoms. The number of aryl methyl sites for hydroxylation is 3. The third-order valence-corrected chi connectivity index (χ3v) is 5.35. The molecule has 1 heterocycles. The van der Waals surface area contributed by atoms with Crippen molar-refractivity contribution in [3.05, 3.63) is 57.9 Å². The second kappa shape index (κ2) is 6.24. The number of anilines is 1. The van der Waals surface area contributed by atoms with Crippen molar-refractivity contribution < 1.29 is 4.79 Å². The molecule has 2 aromatic carbocycles. The van der Waals surface area contributed by atoms with Crippen molar-refractivity contribution in [1.29, 1.82) is 0 Å². The van der Waals surface area contributed by atoms with Gasteiger partial charge in [0, 0.05) is 32.4 Å². The van der Waals surface area contributed by atoms with E-state index >= 15 is 0 Å². The topological polar surface area (TPSA) is 37.6 Å². The highest BCUT2D eigenvalue weighted by Crippen LogP contribution is 2.21. The molecular weight excluding hydrogens is 318 g/mol. The molecule has 0 N–H and O–H groups in total. The summed E-state index contributed by atoms with van der Waals surface area (Å²) in [6, 6.07) is 11.8. The van der Waals surface area contributed by atoms with Crippen molar-refractivity contribution in [3.8, 4) is 0 Å². The number of fused-ring (bicyclic) bond motifs is 1. The van der Waals surface area contributed by atoms with E-state index in [4.69, 9.17) is 0 Å². The predicted molar refractivity (Wildman–Crippen MR) is 101 cm³/mol. The van der Waals surface area contributed by atoms with Crippen LogP contribution in [0.5, 0.6) is 0 Å². The molecule has 0 unspecified atom stereocenters. The number of hydrogen-bond donors (Lipinski definition) is 0. The summed E-state index contributed by atoms with van der Waals surface area (Å²) < 4.78 is 3.13. The first kappa shape index (κ1) is 16.5. The van der Waals surface area contributed by atoms with Gasteiger partial charge in [-0.25, -0.2) is 0 Å². The molecule has 3 aromatic rings. The minimum Gasteiger partial charge on any atom is -0.378 e. The lowest BCUT2D eigenvalue weighted by Gasteiger charge is -2.11. The van der Waals surface area contributed by atoms with Crippen LogP contribution in [-0.2, 0) is 7.05 Å². The van der Waals surface area contributed by atoms with Gasteiger partial charge in [0.1, 0.15) is 0 Å². The number of amides is 1. The highest BCUT2D eigenvalue weighted by atomic mass is 32.1. The predicted octanol–water partition coefficient (Wildman–Crippen LogP) is 3.66. The number of benzene rings is 2. The Morgan fingerprint density at radius 2 is 1.71 bits per heavy atom. The average molecular weight is 339 g/mol. The molecule has 0 saturated carbocycles. The molecule has 3 rings (SSSR count). The van der Waals surface area contributed by atoms with Crippen LogP contribution in [0.1, 0.15) is 21.5 Å². The summed E-state index contributed by atoms with van der Waals surface area (Å²) in [5, 5.41) is 0. The van der Waals surface area contributed by atoms with E-state index < -0.39 is 0 Å². The average Bonchev–Trinajstić information content (AvgIpc) is 2.84. The summed E-state index contributed by atoms with van der Waals surface area (Å²) in [4.78, 5) is 19.5. The lowest BCUT2D eigenvalue weighted by Crippen LogP contribution is -2.13. The van der Waals surface area contributed by atoms with Crippen LogP contribution >= 0.6 is 11.3 Å². The molecule has 0 aliphatic heterocycles. The Kier molecular flexibility index (Phi) is 4.28. The molecule has 0 fully saturated rings. The zero-order chi connectivity index (χ0) is 17.4. The van der Waals surface area contributed by atoms with Crippen LogP contribution in [0.15, 0.2) is 41.4 Å². The Hall–Kier alpha value is -2.40. The van der Waals surface area contributed by atoms with Gasteiger partial charge in [0.05, 0.1) is 10.2 Å². The van der Waals surface area contributed by atoms with E-state index in [0.717, 1.165) is 20.7 Å². The summed E-state index contributed by atoms with van der Waals surface area (Å²) in [7, 11) is 5.90. The van der Waals surface area contributed by atoms with Gasteiger partial charge in [-0.2, -0.15) is 4.99 Å². The SMILES string of the molecule is Cc1cc2sc(=NC(=O)c3ccc(N(C)C)cc3)n(C)c2cc1C. The summed E-state index contributed by atoms with van der Waals surface area (Å²) in [5.74, 6) is -0.212. The number of nitrogens with zero attached hydrogens (tertiary/aromatic N) is 3. The monoisotopic (exact) mass is 339 g/mol. The molecule has 24 heavy (non-hydrogen) atoms. The maximum atomic E-state index is 12.5. The van der Waals surface area contributed by atoms with Crippen molar-refractivity contribution in [2.75, 3.05) is 19.0 Å². The third kappa shape index (κ3) is 2.99. The lowest BCUT2D eigenvalue weighted by atomic mass is 10.1. The maximum Gasteiger partial charge on any atom is 0.279 e. The minimum absolute atomic E-state index is 0.212. The molecule has 5 heteroatoms. The Labute approximate surface area is 145 Å². The van der Waals surface area contributed by atoms with Gasteiger partial charge in [0.2, 0.25) is 0 Å². The minimum atomic E-state index is -0.212. The normalized spacial score (nSPS) is 12.0.